The van der Waals surface area contributed by atoms with E-state index in [1.165, 1.54) is 6.33 Å². The van der Waals surface area contributed by atoms with Crippen LogP contribution in [-0.2, 0) is 23.4 Å². The van der Waals surface area contributed by atoms with Gasteiger partial charge in [-0.05, 0) is 32.9 Å². The summed E-state index contributed by atoms with van der Waals surface area (Å²) in [5, 5.41) is 4.11. The van der Waals surface area contributed by atoms with Crippen LogP contribution in [0.25, 0.3) is 0 Å². The van der Waals surface area contributed by atoms with Crippen LogP contribution < -0.4 is 4.90 Å². The van der Waals surface area contributed by atoms with E-state index in [9.17, 15) is 8.42 Å². The van der Waals surface area contributed by atoms with Crippen molar-refractivity contribution in [1.29, 1.82) is 0 Å². The third-order valence-electron chi connectivity index (χ3n) is 3.43. The van der Waals surface area contributed by atoms with E-state index in [0.717, 1.165) is 11.5 Å². The van der Waals surface area contributed by atoms with Crippen LogP contribution in [0, 0.1) is 0 Å². The number of nitrogens with zero attached hydrogens (tertiary/aromatic N) is 5. The fourth-order valence-electron chi connectivity index (χ4n) is 1.84. The van der Waals surface area contributed by atoms with Crippen molar-refractivity contribution in [2.75, 3.05) is 11.9 Å². The number of aryl methyl sites for hydroxylation is 1. The van der Waals surface area contributed by atoms with E-state index in [0.29, 0.717) is 6.54 Å². The first kappa shape index (κ1) is 16.4. The minimum Gasteiger partial charge on any atom is -0.366 e. The lowest BCUT2D eigenvalue weighted by atomic mass is 10.3. The van der Waals surface area contributed by atoms with Crippen LogP contribution in [0.3, 0.4) is 0 Å². The SMILES string of the molecule is CN(Cc1ncnn1C)c1ccc(S(=O)(=O)C(C)(C)C)nc1. The Morgan fingerprint density at radius 2 is 1.91 bits per heavy atom. The standard InChI is InChI=1S/C14H21N5O2S/c1-14(2,3)22(20,21)13-7-6-11(8-15-13)18(4)9-12-16-10-17-19(12)5/h6-8,10H,9H2,1-5H3. The van der Waals surface area contributed by atoms with Gasteiger partial charge in [0.1, 0.15) is 12.2 Å². The molecule has 2 rings (SSSR count). The molecule has 0 saturated carbocycles. The molecule has 7 nitrogen and oxygen atoms in total. The molecule has 0 aliphatic rings. The molecule has 0 aromatic carbocycles. The molecular formula is C14H21N5O2S. The maximum absolute atomic E-state index is 12.3. The molecule has 8 heteroatoms. The Balaban J connectivity index is 2.21. The molecule has 2 heterocycles. The highest BCUT2D eigenvalue weighted by Crippen LogP contribution is 2.24. The second-order valence-corrected chi connectivity index (χ2v) is 8.78. The summed E-state index contributed by atoms with van der Waals surface area (Å²) in [6.45, 7) is 5.55. The Morgan fingerprint density at radius 1 is 1.23 bits per heavy atom. The molecule has 2 aromatic heterocycles. The zero-order valence-corrected chi connectivity index (χ0v) is 14.3. The molecule has 0 saturated heterocycles. The zero-order valence-electron chi connectivity index (χ0n) is 13.5. The minimum absolute atomic E-state index is 0.0933. The molecule has 0 N–H and O–H groups in total. The van der Waals surface area contributed by atoms with Crippen molar-refractivity contribution in [1.82, 2.24) is 19.7 Å². The maximum Gasteiger partial charge on any atom is 0.200 e. The average molecular weight is 323 g/mol. The highest BCUT2D eigenvalue weighted by molar-refractivity contribution is 7.92. The largest absolute Gasteiger partial charge is 0.366 e. The van der Waals surface area contributed by atoms with Crippen LogP contribution >= 0.6 is 0 Å². The lowest BCUT2D eigenvalue weighted by Crippen LogP contribution is -2.28. The minimum atomic E-state index is -3.43. The lowest BCUT2D eigenvalue weighted by molar-refractivity contribution is 0.556. The smallest absolute Gasteiger partial charge is 0.200 e. The van der Waals surface area contributed by atoms with Crippen LogP contribution in [0.1, 0.15) is 26.6 Å². The van der Waals surface area contributed by atoms with Crippen LogP contribution in [-0.4, -0.2) is 40.0 Å². The Labute approximate surface area is 130 Å². The van der Waals surface area contributed by atoms with Crippen molar-refractivity contribution in [3.05, 3.63) is 30.5 Å². The van der Waals surface area contributed by atoms with Gasteiger partial charge in [0, 0.05) is 14.1 Å². The van der Waals surface area contributed by atoms with Gasteiger partial charge in [-0.15, -0.1) is 0 Å². The van der Waals surface area contributed by atoms with Crippen LogP contribution in [0.2, 0.25) is 0 Å². The third kappa shape index (κ3) is 3.11. The van der Waals surface area contributed by atoms with Crippen LogP contribution in [0.15, 0.2) is 29.7 Å². The molecule has 120 valence electrons. The normalized spacial score (nSPS) is 12.4. The Morgan fingerprint density at radius 3 is 2.36 bits per heavy atom. The molecular weight excluding hydrogens is 302 g/mol. The van der Waals surface area contributed by atoms with Gasteiger partial charge in [0.15, 0.2) is 14.9 Å². The highest BCUT2D eigenvalue weighted by atomic mass is 32.2. The zero-order chi connectivity index (χ0) is 16.5. The summed E-state index contributed by atoms with van der Waals surface area (Å²) < 4.78 is 25.5. The monoisotopic (exact) mass is 323 g/mol. The first-order chi connectivity index (χ1) is 10.1. The van der Waals surface area contributed by atoms with E-state index in [1.54, 1.807) is 43.8 Å². The fourth-order valence-corrected chi connectivity index (χ4v) is 2.90. The molecule has 2 aromatic rings. The highest BCUT2D eigenvalue weighted by Gasteiger charge is 2.32. The summed E-state index contributed by atoms with van der Waals surface area (Å²) in [5.41, 5.74) is 0.816. The van der Waals surface area contributed by atoms with Gasteiger partial charge in [0.25, 0.3) is 0 Å². The van der Waals surface area contributed by atoms with Crippen molar-refractivity contribution in [3.63, 3.8) is 0 Å². The van der Waals surface area contributed by atoms with E-state index in [4.69, 9.17) is 0 Å². The van der Waals surface area contributed by atoms with Gasteiger partial charge in [0.05, 0.1) is 23.2 Å². The summed E-state index contributed by atoms with van der Waals surface area (Å²) in [5.74, 6) is 0.814. The molecule has 0 bridgehead atoms. The summed E-state index contributed by atoms with van der Waals surface area (Å²) in [6.07, 6.45) is 3.06. The van der Waals surface area contributed by atoms with Crippen LogP contribution in [0.4, 0.5) is 5.69 Å². The first-order valence-electron chi connectivity index (χ1n) is 6.87. The predicted octanol–water partition coefficient (Wildman–Crippen LogP) is 1.42. The van der Waals surface area contributed by atoms with Crippen molar-refractivity contribution in [3.8, 4) is 0 Å². The number of hydrogen-bond donors (Lipinski definition) is 0. The van der Waals surface area contributed by atoms with Crippen LogP contribution in [0.5, 0.6) is 0 Å². The third-order valence-corrected chi connectivity index (χ3v) is 5.83. The van der Waals surface area contributed by atoms with Gasteiger partial charge in [-0.1, -0.05) is 0 Å². The Kier molecular flexibility index (Phi) is 4.23. The first-order valence-corrected chi connectivity index (χ1v) is 8.36. The lowest BCUT2D eigenvalue weighted by Gasteiger charge is -2.20. The molecule has 0 radical (unpaired) electrons. The fraction of sp³-hybridized carbons (Fsp3) is 0.500. The summed E-state index contributed by atoms with van der Waals surface area (Å²) in [4.78, 5) is 10.2. The molecule has 0 aliphatic heterocycles. The van der Waals surface area contributed by atoms with Gasteiger partial charge in [-0.2, -0.15) is 5.10 Å². The van der Waals surface area contributed by atoms with Crippen molar-refractivity contribution < 1.29 is 8.42 Å². The van der Waals surface area contributed by atoms with Crippen molar-refractivity contribution in [2.45, 2.75) is 37.1 Å². The maximum atomic E-state index is 12.3. The van der Waals surface area contributed by atoms with Gasteiger partial charge < -0.3 is 4.90 Å². The van der Waals surface area contributed by atoms with E-state index in [2.05, 4.69) is 15.1 Å². The van der Waals surface area contributed by atoms with Gasteiger partial charge in [-0.25, -0.2) is 18.4 Å². The molecule has 22 heavy (non-hydrogen) atoms. The number of hydrogen-bond acceptors (Lipinski definition) is 6. The Bertz CT molecular complexity index is 744. The van der Waals surface area contributed by atoms with E-state index in [-0.39, 0.29) is 5.03 Å². The molecule has 0 fully saturated rings. The molecule has 0 atom stereocenters. The number of aromatic nitrogens is 4. The van der Waals surface area contributed by atoms with Gasteiger partial charge >= 0.3 is 0 Å². The summed E-state index contributed by atoms with van der Waals surface area (Å²) in [6, 6.07) is 3.30. The van der Waals surface area contributed by atoms with E-state index in [1.807, 2.05) is 19.0 Å². The molecule has 0 aliphatic carbocycles. The average Bonchev–Trinajstić information content (AvgIpc) is 2.83. The number of sulfone groups is 1. The summed E-state index contributed by atoms with van der Waals surface area (Å²) >= 11 is 0. The van der Waals surface area contributed by atoms with E-state index >= 15 is 0 Å². The van der Waals surface area contributed by atoms with Crippen molar-refractivity contribution in [2.24, 2.45) is 7.05 Å². The molecule has 0 unspecified atom stereocenters. The topological polar surface area (TPSA) is 81.0 Å². The number of rotatable bonds is 4. The number of pyridine rings is 1. The van der Waals surface area contributed by atoms with Gasteiger partial charge in [0.2, 0.25) is 0 Å². The molecule has 0 spiro atoms. The second kappa shape index (κ2) is 5.68. The predicted molar refractivity (Wildman–Crippen MR) is 84.3 cm³/mol. The Hall–Kier alpha value is -1.96. The quantitative estimate of drug-likeness (QED) is 0.846. The van der Waals surface area contributed by atoms with Gasteiger partial charge in [-0.3, -0.25) is 4.68 Å². The molecule has 0 amide bonds. The van der Waals surface area contributed by atoms with E-state index < -0.39 is 14.6 Å². The summed E-state index contributed by atoms with van der Waals surface area (Å²) in [7, 11) is 0.288. The second-order valence-electron chi connectivity index (χ2n) is 6.13. The number of anilines is 1. The van der Waals surface area contributed by atoms with Crippen molar-refractivity contribution >= 4 is 15.5 Å².